The molecule has 0 saturated heterocycles. The number of benzene rings is 2. The second-order valence-corrected chi connectivity index (χ2v) is 6.18. The molecule has 0 aliphatic heterocycles. The van der Waals surface area contributed by atoms with Gasteiger partial charge in [-0.1, -0.05) is 36.4 Å². The number of anilines is 1. The SMILES string of the molecule is CN(C)c1nc2c(-c3ccc(C(C(F)(F)F)C(F)(F)F)cc3)cccc2o1. The van der Waals surface area contributed by atoms with Gasteiger partial charge in [-0.2, -0.15) is 31.3 Å². The third-order valence-corrected chi connectivity index (χ3v) is 4.00. The fourth-order valence-electron chi connectivity index (χ4n) is 2.78. The van der Waals surface area contributed by atoms with E-state index in [9.17, 15) is 26.3 Å². The average Bonchev–Trinajstić information content (AvgIpc) is 2.97. The minimum atomic E-state index is -5.42. The summed E-state index contributed by atoms with van der Waals surface area (Å²) in [6, 6.07) is 9.48. The molecule has 1 heterocycles. The molecule has 0 spiro atoms. The van der Waals surface area contributed by atoms with Crippen LogP contribution in [0.2, 0.25) is 0 Å². The number of halogens is 6. The Bertz CT molecular complexity index is 927. The zero-order valence-corrected chi connectivity index (χ0v) is 14.2. The minimum Gasteiger partial charge on any atom is -0.423 e. The zero-order valence-electron chi connectivity index (χ0n) is 14.2. The molecule has 0 fully saturated rings. The monoisotopic (exact) mass is 388 g/mol. The molecule has 3 aromatic rings. The summed E-state index contributed by atoms with van der Waals surface area (Å²) in [5, 5.41) is 0. The lowest BCUT2D eigenvalue weighted by Crippen LogP contribution is -2.34. The van der Waals surface area contributed by atoms with Crippen LogP contribution in [-0.2, 0) is 0 Å². The molecular weight excluding hydrogens is 374 g/mol. The van der Waals surface area contributed by atoms with Gasteiger partial charge in [0.25, 0.3) is 6.01 Å². The van der Waals surface area contributed by atoms with Crippen molar-refractivity contribution >= 4 is 17.1 Å². The topological polar surface area (TPSA) is 29.3 Å². The van der Waals surface area contributed by atoms with Crippen molar-refractivity contribution in [2.45, 2.75) is 18.3 Å². The summed E-state index contributed by atoms with van der Waals surface area (Å²) in [4.78, 5) is 5.97. The smallest absolute Gasteiger partial charge is 0.404 e. The lowest BCUT2D eigenvalue weighted by atomic mass is 9.95. The number of oxazole rings is 1. The molecule has 144 valence electrons. The van der Waals surface area contributed by atoms with Gasteiger partial charge in [0.1, 0.15) is 5.52 Å². The molecule has 2 aromatic carbocycles. The van der Waals surface area contributed by atoms with Crippen LogP contribution in [0.4, 0.5) is 32.4 Å². The van der Waals surface area contributed by atoms with E-state index >= 15 is 0 Å². The van der Waals surface area contributed by atoms with Crippen LogP contribution in [-0.4, -0.2) is 31.4 Å². The summed E-state index contributed by atoms with van der Waals surface area (Å²) < 4.78 is 82.7. The summed E-state index contributed by atoms with van der Waals surface area (Å²) in [5.41, 5.74) is 1.05. The number of hydrogen-bond donors (Lipinski definition) is 0. The van der Waals surface area contributed by atoms with E-state index in [4.69, 9.17) is 4.42 Å². The first-order valence-electron chi connectivity index (χ1n) is 7.79. The average molecular weight is 388 g/mol. The van der Waals surface area contributed by atoms with Gasteiger partial charge in [0, 0.05) is 19.7 Å². The van der Waals surface area contributed by atoms with E-state index in [1.165, 1.54) is 12.1 Å². The first kappa shape index (κ1) is 19.1. The maximum absolute atomic E-state index is 12.9. The quantitative estimate of drug-likeness (QED) is 0.534. The molecule has 3 rings (SSSR count). The first-order valence-corrected chi connectivity index (χ1v) is 7.79. The largest absolute Gasteiger partial charge is 0.423 e. The molecule has 0 bridgehead atoms. The molecule has 1 aromatic heterocycles. The third kappa shape index (κ3) is 3.72. The lowest BCUT2D eigenvalue weighted by Gasteiger charge is -2.23. The second kappa shape index (κ2) is 6.47. The summed E-state index contributed by atoms with van der Waals surface area (Å²) in [6.07, 6.45) is -10.8. The van der Waals surface area contributed by atoms with Crippen LogP contribution in [0.25, 0.3) is 22.2 Å². The fraction of sp³-hybridized carbons (Fsp3) is 0.278. The van der Waals surface area contributed by atoms with Gasteiger partial charge in [-0.25, -0.2) is 0 Å². The summed E-state index contributed by atoms with van der Waals surface area (Å²) >= 11 is 0. The molecule has 0 amide bonds. The highest BCUT2D eigenvalue weighted by Gasteiger charge is 2.57. The Hall–Kier alpha value is -2.71. The first-order chi connectivity index (χ1) is 12.5. The molecule has 3 nitrogen and oxygen atoms in total. The molecule has 0 radical (unpaired) electrons. The molecule has 0 aliphatic carbocycles. The summed E-state index contributed by atoms with van der Waals surface area (Å²) in [6.45, 7) is 0. The number of aromatic nitrogens is 1. The van der Waals surface area contributed by atoms with Crippen LogP contribution < -0.4 is 4.90 Å². The summed E-state index contributed by atoms with van der Waals surface area (Å²) in [5.74, 6) is -3.53. The Morgan fingerprint density at radius 1 is 0.889 bits per heavy atom. The molecular formula is C18H14F6N2O. The number of hydrogen-bond acceptors (Lipinski definition) is 3. The van der Waals surface area contributed by atoms with Crippen molar-refractivity contribution in [2.75, 3.05) is 19.0 Å². The molecule has 0 atom stereocenters. The van der Waals surface area contributed by atoms with E-state index in [2.05, 4.69) is 4.98 Å². The Balaban J connectivity index is 2.04. The Labute approximate surface area is 150 Å². The van der Waals surface area contributed by atoms with Gasteiger partial charge in [-0.15, -0.1) is 0 Å². The maximum atomic E-state index is 12.9. The van der Waals surface area contributed by atoms with Crippen molar-refractivity contribution in [2.24, 2.45) is 0 Å². The van der Waals surface area contributed by atoms with Crippen LogP contribution in [0.5, 0.6) is 0 Å². The van der Waals surface area contributed by atoms with Crippen molar-refractivity contribution in [3.8, 4) is 11.1 Å². The number of para-hydroxylation sites is 1. The molecule has 9 heteroatoms. The number of fused-ring (bicyclic) bond motifs is 1. The van der Waals surface area contributed by atoms with Gasteiger partial charge >= 0.3 is 12.4 Å². The van der Waals surface area contributed by atoms with Crippen LogP contribution in [0.3, 0.4) is 0 Å². The summed E-state index contributed by atoms with van der Waals surface area (Å²) in [7, 11) is 3.46. The number of rotatable bonds is 3. The Kier molecular flexibility index (Phi) is 4.57. The van der Waals surface area contributed by atoms with Crippen LogP contribution >= 0.6 is 0 Å². The van der Waals surface area contributed by atoms with Gasteiger partial charge < -0.3 is 9.32 Å². The van der Waals surface area contributed by atoms with Crippen molar-refractivity contribution < 1.29 is 30.8 Å². The molecule has 0 unspecified atom stereocenters. The van der Waals surface area contributed by atoms with Crippen molar-refractivity contribution in [1.29, 1.82) is 0 Å². The van der Waals surface area contributed by atoms with E-state index in [0.29, 0.717) is 28.2 Å². The van der Waals surface area contributed by atoms with Gasteiger partial charge in [0.2, 0.25) is 0 Å². The third-order valence-electron chi connectivity index (χ3n) is 4.00. The van der Waals surface area contributed by atoms with Crippen LogP contribution in [0.1, 0.15) is 11.5 Å². The van der Waals surface area contributed by atoms with Crippen LogP contribution in [0, 0.1) is 0 Å². The normalized spacial score (nSPS) is 12.8. The Morgan fingerprint density at radius 3 is 2.00 bits per heavy atom. The van der Waals surface area contributed by atoms with E-state index in [0.717, 1.165) is 12.1 Å². The second-order valence-electron chi connectivity index (χ2n) is 6.18. The molecule has 0 aliphatic rings. The van der Waals surface area contributed by atoms with Crippen molar-refractivity contribution in [3.63, 3.8) is 0 Å². The lowest BCUT2D eigenvalue weighted by molar-refractivity contribution is -0.253. The maximum Gasteiger partial charge on any atom is 0.404 e. The van der Waals surface area contributed by atoms with Gasteiger partial charge in [0.15, 0.2) is 11.5 Å². The van der Waals surface area contributed by atoms with Crippen molar-refractivity contribution in [3.05, 3.63) is 48.0 Å². The number of nitrogens with zero attached hydrogens (tertiary/aromatic N) is 2. The predicted molar refractivity (Wildman–Crippen MR) is 88.6 cm³/mol. The highest BCUT2D eigenvalue weighted by atomic mass is 19.4. The van der Waals surface area contributed by atoms with E-state index < -0.39 is 23.8 Å². The highest BCUT2D eigenvalue weighted by molar-refractivity contribution is 5.91. The molecule has 0 N–H and O–H groups in total. The predicted octanol–water partition coefficient (Wildman–Crippen LogP) is 5.77. The van der Waals surface area contributed by atoms with Gasteiger partial charge in [-0.05, 0) is 17.2 Å². The van der Waals surface area contributed by atoms with Crippen molar-refractivity contribution in [1.82, 2.24) is 4.98 Å². The van der Waals surface area contributed by atoms with E-state index in [1.54, 1.807) is 37.2 Å². The molecule has 27 heavy (non-hydrogen) atoms. The van der Waals surface area contributed by atoms with Gasteiger partial charge in [0.05, 0.1) is 0 Å². The highest BCUT2D eigenvalue weighted by Crippen LogP contribution is 2.46. The van der Waals surface area contributed by atoms with Crippen LogP contribution in [0.15, 0.2) is 46.9 Å². The van der Waals surface area contributed by atoms with Gasteiger partial charge in [-0.3, -0.25) is 0 Å². The van der Waals surface area contributed by atoms with E-state index in [1.807, 2.05) is 0 Å². The molecule has 0 saturated carbocycles. The minimum absolute atomic E-state index is 0.336. The number of alkyl halides is 6. The van der Waals surface area contributed by atoms with E-state index in [-0.39, 0.29) is 0 Å². The Morgan fingerprint density at radius 2 is 1.48 bits per heavy atom. The standard InChI is InChI=1S/C18H14F6N2O/c1-26(2)16-25-14-12(4-3-5-13(14)27-16)10-6-8-11(9-7-10)15(17(19,20)21)18(22,23)24/h3-9,15H,1-2H3. The zero-order chi connectivity index (χ0) is 20.0. The fourth-order valence-corrected chi connectivity index (χ4v) is 2.78.